The molecule has 3 saturated carbocycles. The monoisotopic (exact) mass is 1060 g/mol. The van der Waals surface area contributed by atoms with E-state index in [0.29, 0.717) is 56.2 Å². The lowest BCUT2D eigenvalue weighted by atomic mass is 9.71. The molecule has 3 aliphatic carbocycles. The van der Waals surface area contributed by atoms with Gasteiger partial charge in [0.1, 0.15) is 16.8 Å². The number of nitrogens with zero attached hydrogens (tertiary/aromatic N) is 3. The second kappa shape index (κ2) is 26.5. The van der Waals surface area contributed by atoms with Gasteiger partial charge < -0.3 is 30.6 Å². The van der Waals surface area contributed by atoms with Crippen LogP contribution in [0.15, 0.2) is 91.4 Å². The quantitative estimate of drug-likeness (QED) is 0.0787. The molecule has 0 atom stereocenters. The molecule has 0 aliphatic heterocycles. The molecule has 0 bridgehead atoms. The summed E-state index contributed by atoms with van der Waals surface area (Å²) < 4.78 is 14.2. The molecule has 0 radical (unpaired) electrons. The number of nitrogens with one attached hydrogen (secondary N) is 2. The summed E-state index contributed by atoms with van der Waals surface area (Å²) in [5.74, 6) is 3.36. The molecule has 12 nitrogen and oxygen atoms in total. The van der Waals surface area contributed by atoms with Crippen molar-refractivity contribution in [2.24, 2.45) is 39.7 Å². The first-order valence-electron chi connectivity index (χ1n) is 27.3. The molecule has 0 unspecified atom stereocenters. The number of nitrogens with two attached hydrogens (primary N) is 1. The number of fused-ring (bicyclic) bond motifs is 3. The Morgan fingerprint density at radius 3 is 1.07 bits per heavy atom. The van der Waals surface area contributed by atoms with E-state index < -0.39 is 0 Å². The largest absolute Gasteiger partial charge is 0.465 e. The standard InChI is InChI=1S/2C21H28N2O2.C11H8ClNO2.C10H21N/c2*1-21(2,3)17-7-9-18(10-8-17)23-19-12-14-5-6-15(20(24)25-4)11-16(14)13-22-19;1-15-11(14)8-3-2-7-5-10(12)13-6-9(7)4-8;1-10(2,3)8-4-6-9(11)7-5-8/h2*5-6,11-13,17-18H,7-10H2,1-4H3,(H,22,23);2-6H,1H3;8-9H,4-7,11H2,1-3H3. The van der Waals surface area contributed by atoms with Gasteiger partial charge in [-0.25, -0.2) is 29.3 Å². The minimum atomic E-state index is -0.355. The van der Waals surface area contributed by atoms with E-state index >= 15 is 0 Å². The number of hydrogen-bond acceptors (Lipinski definition) is 12. The number of esters is 3. The highest BCUT2D eigenvalue weighted by Gasteiger charge is 2.31. The van der Waals surface area contributed by atoms with Gasteiger partial charge in [-0.15, -0.1) is 0 Å². The van der Waals surface area contributed by atoms with Gasteiger partial charge in [0, 0.05) is 52.9 Å². The molecule has 0 spiro atoms. The molecule has 76 heavy (non-hydrogen) atoms. The van der Waals surface area contributed by atoms with Crippen molar-refractivity contribution in [1.29, 1.82) is 0 Å². The van der Waals surface area contributed by atoms with Crippen LogP contribution in [0.1, 0.15) is 170 Å². The van der Waals surface area contributed by atoms with Crippen LogP contribution >= 0.6 is 11.6 Å². The first-order valence-corrected chi connectivity index (χ1v) is 27.7. The minimum Gasteiger partial charge on any atom is -0.465 e. The first kappa shape index (κ1) is 59.4. The Labute approximate surface area is 457 Å². The number of carbonyl (C=O) groups is 3. The molecule has 13 heteroatoms. The Kier molecular flexibility index (Phi) is 20.7. The predicted octanol–water partition coefficient (Wildman–Crippen LogP) is 15.3. The summed E-state index contributed by atoms with van der Waals surface area (Å²) in [4.78, 5) is 47.5. The summed E-state index contributed by atoms with van der Waals surface area (Å²) in [7, 11) is 4.14. The number of methoxy groups -OCH3 is 3. The van der Waals surface area contributed by atoms with E-state index in [9.17, 15) is 14.4 Å². The number of carbonyl (C=O) groups excluding carboxylic acids is 3. The fourth-order valence-electron chi connectivity index (χ4n) is 10.9. The van der Waals surface area contributed by atoms with Crippen LogP contribution in [-0.2, 0) is 14.2 Å². The van der Waals surface area contributed by atoms with E-state index in [4.69, 9.17) is 26.8 Å². The van der Waals surface area contributed by atoms with Crippen molar-refractivity contribution in [3.63, 3.8) is 0 Å². The van der Waals surface area contributed by atoms with Crippen molar-refractivity contribution >= 4 is 73.5 Å². The van der Waals surface area contributed by atoms with E-state index in [-0.39, 0.29) is 17.9 Å². The lowest BCUT2D eigenvalue weighted by Crippen LogP contribution is -2.31. The van der Waals surface area contributed by atoms with Crippen LogP contribution < -0.4 is 16.4 Å². The van der Waals surface area contributed by atoms with Crippen LogP contribution in [0.5, 0.6) is 0 Å². The molecule has 6 aromatic rings. The smallest absolute Gasteiger partial charge is 0.337 e. The molecule has 3 fully saturated rings. The summed E-state index contributed by atoms with van der Waals surface area (Å²) in [5.41, 5.74) is 8.77. The van der Waals surface area contributed by atoms with Gasteiger partial charge in [-0.3, -0.25) is 0 Å². The second-order valence-corrected chi connectivity index (χ2v) is 24.8. The van der Waals surface area contributed by atoms with Crippen LogP contribution in [0.25, 0.3) is 32.3 Å². The number of benzene rings is 3. The number of pyridine rings is 3. The van der Waals surface area contributed by atoms with Crippen molar-refractivity contribution in [1.82, 2.24) is 15.0 Å². The maximum atomic E-state index is 11.6. The molecule has 0 saturated heterocycles. The van der Waals surface area contributed by atoms with E-state index in [2.05, 4.69) is 105 Å². The maximum absolute atomic E-state index is 11.6. The zero-order valence-corrected chi connectivity index (χ0v) is 48.1. The minimum absolute atomic E-state index is 0.320. The van der Waals surface area contributed by atoms with Gasteiger partial charge in [-0.05, 0) is 182 Å². The zero-order valence-electron chi connectivity index (χ0n) is 47.4. The van der Waals surface area contributed by atoms with Crippen molar-refractivity contribution in [2.75, 3.05) is 32.0 Å². The fourth-order valence-corrected chi connectivity index (χ4v) is 11.1. The summed E-state index contributed by atoms with van der Waals surface area (Å²) in [6.07, 6.45) is 20.3. The van der Waals surface area contributed by atoms with Crippen LogP contribution in [0, 0.1) is 34.0 Å². The molecule has 410 valence electrons. The molecule has 4 N–H and O–H groups in total. The number of rotatable bonds is 7. The molecule has 3 aromatic heterocycles. The summed E-state index contributed by atoms with van der Waals surface area (Å²) in [6, 6.07) is 23.7. The van der Waals surface area contributed by atoms with E-state index in [1.54, 1.807) is 36.5 Å². The van der Waals surface area contributed by atoms with E-state index in [1.165, 1.54) is 98.4 Å². The normalized spacial score (nSPS) is 20.8. The van der Waals surface area contributed by atoms with Gasteiger partial charge in [0.25, 0.3) is 0 Å². The number of aromatic nitrogens is 3. The van der Waals surface area contributed by atoms with Crippen molar-refractivity contribution < 1.29 is 28.6 Å². The molecular weight excluding hydrogens is 972 g/mol. The highest BCUT2D eigenvalue weighted by Crippen LogP contribution is 2.40. The molecule has 9 rings (SSSR count). The van der Waals surface area contributed by atoms with Crippen LogP contribution in [0.3, 0.4) is 0 Å². The Morgan fingerprint density at radius 1 is 0.447 bits per heavy atom. The Bertz CT molecular complexity index is 2750. The summed E-state index contributed by atoms with van der Waals surface area (Å²) in [6.45, 7) is 21.1. The number of anilines is 2. The lowest BCUT2D eigenvalue weighted by Gasteiger charge is -2.37. The van der Waals surface area contributed by atoms with Crippen LogP contribution in [-0.4, -0.2) is 72.3 Å². The summed E-state index contributed by atoms with van der Waals surface area (Å²) >= 11 is 5.75. The second-order valence-electron chi connectivity index (χ2n) is 24.4. The third-order valence-corrected chi connectivity index (χ3v) is 16.2. The highest BCUT2D eigenvalue weighted by atomic mass is 35.5. The molecular formula is C63H85ClN6O6. The van der Waals surface area contributed by atoms with E-state index in [1.807, 2.05) is 42.7 Å². The van der Waals surface area contributed by atoms with Gasteiger partial charge in [-0.1, -0.05) is 92.1 Å². The van der Waals surface area contributed by atoms with Gasteiger partial charge in [0.15, 0.2) is 0 Å². The Hall–Kier alpha value is -5.85. The lowest BCUT2D eigenvalue weighted by molar-refractivity contribution is 0.0592. The van der Waals surface area contributed by atoms with Gasteiger partial charge in [0.05, 0.1) is 38.0 Å². The van der Waals surface area contributed by atoms with Gasteiger partial charge >= 0.3 is 17.9 Å². The van der Waals surface area contributed by atoms with Crippen LogP contribution in [0.2, 0.25) is 5.15 Å². The van der Waals surface area contributed by atoms with Crippen molar-refractivity contribution in [2.45, 2.75) is 157 Å². The average Bonchev–Trinajstić information content (AvgIpc) is 3.40. The average molecular weight is 1060 g/mol. The molecule has 3 aromatic carbocycles. The molecule has 0 amide bonds. The molecule has 3 aliphatic rings. The topological polar surface area (TPSA) is 168 Å². The SMILES string of the molecule is CC(C)(C)C1CCC(N)CC1.COC(=O)c1ccc2cc(Cl)ncc2c1.COC(=O)c1ccc2cc(NC3CCC(C(C)(C)C)CC3)ncc2c1.COC(=O)c1ccc2cc(NC3CCC(C(C)(C)C)CC3)ncc2c1. The van der Waals surface area contributed by atoms with E-state index in [0.717, 1.165) is 61.7 Å². The maximum Gasteiger partial charge on any atom is 0.337 e. The predicted molar refractivity (Wildman–Crippen MR) is 311 cm³/mol. The number of hydrogen-bond donors (Lipinski definition) is 3. The van der Waals surface area contributed by atoms with Gasteiger partial charge in [-0.2, -0.15) is 0 Å². The summed E-state index contributed by atoms with van der Waals surface area (Å²) in [5, 5.41) is 13.5. The zero-order chi connectivity index (χ0) is 55.4. The van der Waals surface area contributed by atoms with Crippen molar-refractivity contribution in [3.05, 3.63) is 113 Å². The third kappa shape index (κ3) is 17.1. The Balaban J connectivity index is 0.000000172. The third-order valence-electron chi connectivity index (χ3n) is 16.0. The number of halogens is 1. The number of ether oxygens (including phenoxy) is 3. The fraction of sp³-hybridized carbons (Fsp3) is 0.524. The highest BCUT2D eigenvalue weighted by molar-refractivity contribution is 6.30. The van der Waals surface area contributed by atoms with Crippen LogP contribution in [0.4, 0.5) is 11.6 Å². The molecule has 3 heterocycles. The van der Waals surface area contributed by atoms with Crippen molar-refractivity contribution in [3.8, 4) is 0 Å². The Morgan fingerprint density at radius 2 is 0.750 bits per heavy atom. The first-order chi connectivity index (χ1) is 35.9. The van der Waals surface area contributed by atoms with Gasteiger partial charge in [0.2, 0.25) is 0 Å².